The lowest BCUT2D eigenvalue weighted by Crippen LogP contribution is -2.45. The first-order chi connectivity index (χ1) is 14.3. The molecular formula is C19H26ClF3N6O. The Labute approximate surface area is 178 Å². The SMILES string of the molecule is CCNC(=NCC(=O)N1CCCC1)NC1CCN(c2ncc(C(F)(F)F)cc2Cl)C1. The van der Waals surface area contributed by atoms with Crippen LogP contribution >= 0.6 is 11.6 Å². The Bertz CT molecular complexity index is 782. The summed E-state index contributed by atoms with van der Waals surface area (Å²) in [6, 6.07) is 0.907. The molecule has 1 amide bonds. The molecule has 1 unspecified atom stereocenters. The number of carbonyl (C=O) groups excluding carboxylic acids is 1. The van der Waals surface area contributed by atoms with E-state index in [0.717, 1.165) is 44.6 Å². The first-order valence-electron chi connectivity index (χ1n) is 10.1. The second-order valence-corrected chi connectivity index (χ2v) is 7.79. The summed E-state index contributed by atoms with van der Waals surface area (Å²) in [5.41, 5.74) is -0.866. The maximum atomic E-state index is 12.8. The summed E-state index contributed by atoms with van der Waals surface area (Å²) < 4.78 is 38.4. The molecule has 30 heavy (non-hydrogen) atoms. The zero-order valence-electron chi connectivity index (χ0n) is 16.8. The number of aliphatic imine (C=N–C) groups is 1. The number of hydrogen-bond acceptors (Lipinski definition) is 4. The van der Waals surface area contributed by atoms with E-state index < -0.39 is 11.7 Å². The third-order valence-corrected chi connectivity index (χ3v) is 5.43. The molecule has 3 heterocycles. The van der Waals surface area contributed by atoms with Crippen LogP contribution in [0.1, 0.15) is 31.7 Å². The molecule has 0 aromatic carbocycles. The average molecular weight is 447 g/mol. The highest BCUT2D eigenvalue weighted by Crippen LogP contribution is 2.34. The number of pyridine rings is 1. The van der Waals surface area contributed by atoms with Gasteiger partial charge in [0, 0.05) is 45.0 Å². The molecule has 2 aliphatic heterocycles. The van der Waals surface area contributed by atoms with Gasteiger partial charge < -0.3 is 20.4 Å². The zero-order chi connectivity index (χ0) is 21.7. The molecule has 1 aromatic rings. The fraction of sp³-hybridized carbons (Fsp3) is 0.632. The van der Waals surface area contributed by atoms with E-state index in [9.17, 15) is 18.0 Å². The molecule has 0 spiro atoms. The van der Waals surface area contributed by atoms with Gasteiger partial charge in [0.15, 0.2) is 5.96 Å². The molecule has 1 atom stereocenters. The summed E-state index contributed by atoms with van der Waals surface area (Å²) in [6.07, 6.45) is -0.868. The highest BCUT2D eigenvalue weighted by atomic mass is 35.5. The Morgan fingerprint density at radius 1 is 1.33 bits per heavy atom. The molecule has 11 heteroatoms. The van der Waals surface area contributed by atoms with Crippen molar-refractivity contribution in [2.75, 3.05) is 44.2 Å². The second kappa shape index (κ2) is 9.72. The number of alkyl halides is 3. The lowest BCUT2D eigenvalue weighted by molar-refractivity contribution is -0.137. The Hall–Kier alpha value is -2.23. The molecule has 7 nitrogen and oxygen atoms in total. The topological polar surface area (TPSA) is 72.9 Å². The maximum Gasteiger partial charge on any atom is 0.417 e. The number of amides is 1. The average Bonchev–Trinajstić information content (AvgIpc) is 3.37. The largest absolute Gasteiger partial charge is 0.417 e. The molecule has 2 saturated heterocycles. The summed E-state index contributed by atoms with van der Waals surface area (Å²) in [6.45, 7) is 5.36. The van der Waals surface area contributed by atoms with E-state index >= 15 is 0 Å². The monoisotopic (exact) mass is 446 g/mol. The van der Waals surface area contributed by atoms with Crippen LogP contribution in [0.4, 0.5) is 19.0 Å². The van der Waals surface area contributed by atoms with Gasteiger partial charge in [0.05, 0.1) is 10.6 Å². The van der Waals surface area contributed by atoms with E-state index in [1.807, 2.05) is 16.7 Å². The van der Waals surface area contributed by atoms with E-state index in [0.29, 0.717) is 31.4 Å². The van der Waals surface area contributed by atoms with Gasteiger partial charge in [0.25, 0.3) is 0 Å². The summed E-state index contributed by atoms with van der Waals surface area (Å²) in [5, 5.41) is 6.40. The second-order valence-electron chi connectivity index (χ2n) is 7.39. The minimum absolute atomic E-state index is 0.00449. The molecule has 1 aromatic heterocycles. The van der Waals surface area contributed by atoms with Crippen LogP contribution in [0.3, 0.4) is 0 Å². The number of anilines is 1. The lowest BCUT2D eigenvalue weighted by Gasteiger charge is -2.21. The Balaban J connectivity index is 1.59. The van der Waals surface area contributed by atoms with Crippen molar-refractivity contribution in [3.05, 3.63) is 22.8 Å². The Kier molecular flexibility index (Phi) is 7.27. The molecule has 0 radical (unpaired) electrons. The van der Waals surface area contributed by atoms with Gasteiger partial charge >= 0.3 is 6.18 Å². The molecule has 0 aliphatic carbocycles. The zero-order valence-corrected chi connectivity index (χ0v) is 17.6. The third kappa shape index (κ3) is 5.68. The molecular weight excluding hydrogens is 421 g/mol. The van der Waals surface area contributed by atoms with Crippen molar-refractivity contribution in [1.82, 2.24) is 20.5 Å². The fourth-order valence-corrected chi connectivity index (χ4v) is 3.90. The van der Waals surface area contributed by atoms with Crippen LogP contribution in [0.25, 0.3) is 0 Å². The van der Waals surface area contributed by atoms with E-state index in [2.05, 4.69) is 20.6 Å². The van der Waals surface area contributed by atoms with E-state index in [1.54, 1.807) is 0 Å². The van der Waals surface area contributed by atoms with Crippen LogP contribution < -0.4 is 15.5 Å². The van der Waals surface area contributed by atoms with Gasteiger partial charge in [-0.05, 0) is 32.3 Å². The molecule has 2 N–H and O–H groups in total. The first-order valence-corrected chi connectivity index (χ1v) is 10.5. The molecule has 0 saturated carbocycles. The van der Waals surface area contributed by atoms with Crippen LogP contribution in [0, 0.1) is 0 Å². The third-order valence-electron chi connectivity index (χ3n) is 5.15. The standard InChI is InChI=1S/C19H26ClF3N6O/c1-2-24-18(26-11-16(30)28-6-3-4-7-28)27-14-5-8-29(12-14)17-15(20)9-13(10-25-17)19(21,22)23/h9-10,14H,2-8,11-12H2,1H3,(H2,24,26,27). The predicted octanol–water partition coefficient (Wildman–Crippen LogP) is 2.51. The van der Waals surface area contributed by atoms with E-state index in [4.69, 9.17) is 11.6 Å². The molecule has 2 fully saturated rings. The molecule has 2 aliphatic rings. The van der Waals surface area contributed by atoms with Crippen LogP contribution in [0.5, 0.6) is 0 Å². The van der Waals surface area contributed by atoms with Crippen molar-refractivity contribution in [2.24, 2.45) is 4.99 Å². The first kappa shape index (κ1) is 22.5. The Morgan fingerprint density at radius 3 is 2.70 bits per heavy atom. The van der Waals surface area contributed by atoms with Crippen LogP contribution in [-0.4, -0.2) is 67.1 Å². The van der Waals surface area contributed by atoms with Crippen molar-refractivity contribution in [3.8, 4) is 0 Å². The summed E-state index contributed by atoms with van der Waals surface area (Å²) in [5.74, 6) is 0.891. The van der Waals surface area contributed by atoms with Gasteiger partial charge in [-0.15, -0.1) is 0 Å². The van der Waals surface area contributed by atoms with E-state index in [1.165, 1.54) is 0 Å². The highest BCUT2D eigenvalue weighted by molar-refractivity contribution is 6.33. The smallest absolute Gasteiger partial charge is 0.357 e. The predicted molar refractivity (Wildman–Crippen MR) is 110 cm³/mol. The van der Waals surface area contributed by atoms with Crippen LogP contribution in [0.2, 0.25) is 5.02 Å². The minimum Gasteiger partial charge on any atom is -0.357 e. The molecule has 166 valence electrons. The normalized spacial score (nSPS) is 20.0. The minimum atomic E-state index is -4.48. The van der Waals surface area contributed by atoms with Gasteiger partial charge in [0.2, 0.25) is 5.91 Å². The quantitative estimate of drug-likeness (QED) is 0.537. The van der Waals surface area contributed by atoms with Gasteiger partial charge in [-0.3, -0.25) is 4.79 Å². The van der Waals surface area contributed by atoms with Crippen molar-refractivity contribution < 1.29 is 18.0 Å². The number of hydrogen-bond donors (Lipinski definition) is 2. The van der Waals surface area contributed by atoms with Gasteiger partial charge in [0.1, 0.15) is 12.4 Å². The number of rotatable bonds is 5. The van der Waals surface area contributed by atoms with Gasteiger partial charge in [-0.25, -0.2) is 9.98 Å². The van der Waals surface area contributed by atoms with Crippen molar-refractivity contribution in [3.63, 3.8) is 0 Å². The number of likely N-dealkylation sites (tertiary alicyclic amines) is 1. The van der Waals surface area contributed by atoms with Gasteiger partial charge in [-0.1, -0.05) is 11.6 Å². The number of aromatic nitrogens is 1. The molecule has 0 bridgehead atoms. The maximum absolute atomic E-state index is 12.8. The fourth-order valence-electron chi connectivity index (χ4n) is 3.62. The van der Waals surface area contributed by atoms with Crippen molar-refractivity contribution in [2.45, 2.75) is 38.4 Å². The summed E-state index contributed by atoms with van der Waals surface area (Å²) in [7, 11) is 0. The lowest BCUT2D eigenvalue weighted by atomic mass is 10.2. The van der Waals surface area contributed by atoms with Crippen molar-refractivity contribution in [1.29, 1.82) is 0 Å². The Morgan fingerprint density at radius 2 is 2.07 bits per heavy atom. The number of nitrogens with one attached hydrogen (secondary N) is 2. The summed E-state index contributed by atoms with van der Waals surface area (Å²) in [4.78, 5) is 24.2. The summed E-state index contributed by atoms with van der Waals surface area (Å²) >= 11 is 6.06. The van der Waals surface area contributed by atoms with Crippen LogP contribution in [-0.2, 0) is 11.0 Å². The number of halogens is 4. The number of nitrogens with zero attached hydrogens (tertiary/aromatic N) is 4. The molecule has 3 rings (SSSR count). The number of carbonyl (C=O) groups is 1. The number of guanidine groups is 1. The van der Waals surface area contributed by atoms with Crippen molar-refractivity contribution >= 4 is 29.3 Å². The highest BCUT2D eigenvalue weighted by Gasteiger charge is 2.33. The van der Waals surface area contributed by atoms with Crippen LogP contribution in [0.15, 0.2) is 17.3 Å². The van der Waals surface area contributed by atoms with Gasteiger partial charge in [-0.2, -0.15) is 13.2 Å². The van der Waals surface area contributed by atoms with E-state index in [-0.39, 0.29) is 23.5 Å².